The second-order valence-electron chi connectivity index (χ2n) is 5.55. The quantitative estimate of drug-likeness (QED) is 0.877. The number of aliphatic hydroxyl groups excluding tert-OH is 1. The van der Waals surface area contributed by atoms with Gasteiger partial charge in [-0.25, -0.2) is 14.6 Å². The molecule has 1 aliphatic carbocycles. The van der Waals surface area contributed by atoms with Gasteiger partial charge in [0.2, 0.25) is 0 Å². The molecule has 7 nitrogen and oxygen atoms in total. The fraction of sp³-hybridized carbons (Fsp3) is 0.467. The molecule has 2 aromatic rings. The molecule has 3 rings (SSSR count). The predicted molar refractivity (Wildman–Crippen MR) is 79.5 cm³/mol. The molecule has 0 aliphatic heterocycles. The van der Waals surface area contributed by atoms with Gasteiger partial charge in [-0.2, -0.15) is 5.10 Å². The van der Waals surface area contributed by atoms with Crippen LogP contribution in [-0.4, -0.2) is 43.4 Å². The molecular formula is C15H19N5O2. The zero-order chi connectivity index (χ0) is 15.4. The number of nitrogens with one attached hydrogen (secondary N) is 1. The lowest BCUT2D eigenvalue weighted by Gasteiger charge is -2.30. The first-order valence-electron chi connectivity index (χ1n) is 7.50. The minimum absolute atomic E-state index is 0.0363. The molecule has 2 aromatic heterocycles. The number of aromatic nitrogens is 4. The van der Waals surface area contributed by atoms with Gasteiger partial charge >= 0.3 is 0 Å². The van der Waals surface area contributed by atoms with E-state index < -0.39 is 0 Å². The monoisotopic (exact) mass is 301 g/mol. The number of amides is 1. The molecular weight excluding hydrogens is 282 g/mol. The van der Waals surface area contributed by atoms with E-state index in [4.69, 9.17) is 0 Å². The molecule has 2 N–H and O–H groups in total. The molecule has 0 bridgehead atoms. The second kappa shape index (κ2) is 6.65. The van der Waals surface area contributed by atoms with Gasteiger partial charge in [0.05, 0.1) is 0 Å². The first kappa shape index (κ1) is 14.6. The van der Waals surface area contributed by atoms with Crippen molar-refractivity contribution in [3.8, 4) is 5.82 Å². The summed E-state index contributed by atoms with van der Waals surface area (Å²) in [5.41, 5.74) is 0.530. The number of aliphatic hydroxyl groups is 1. The third-order valence-electron chi connectivity index (χ3n) is 4.12. The topological polar surface area (TPSA) is 92.9 Å². The zero-order valence-electron chi connectivity index (χ0n) is 12.2. The highest BCUT2D eigenvalue weighted by molar-refractivity contribution is 5.94. The number of hydrogen-bond donors (Lipinski definition) is 2. The number of carbonyl (C=O) groups is 1. The fourth-order valence-corrected chi connectivity index (χ4v) is 2.88. The molecule has 22 heavy (non-hydrogen) atoms. The summed E-state index contributed by atoms with van der Waals surface area (Å²) in [5, 5.41) is 16.5. The van der Waals surface area contributed by atoms with Crippen molar-refractivity contribution in [1.29, 1.82) is 0 Å². The Hall–Kier alpha value is -2.28. The summed E-state index contributed by atoms with van der Waals surface area (Å²) in [6.45, 7) is 0.117. The van der Waals surface area contributed by atoms with Crippen LogP contribution in [0.1, 0.15) is 36.0 Å². The van der Waals surface area contributed by atoms with Crippen LogP contribution < -0.4 is 5.32 Å². The Morgan fingerprint density at radius 3 is 3.05 bits per heavy atom. The molecule has 2 unspecified atom stereocenters. The molecule has 7 heteroatoms. The van der Waals surface area contributed by atoms with Crippen molar-refractivity contribution in [1.82, 2.24) is 25.1 Å². The van der Waals surface area contributed by atoms with Crippen LogP contribution in [0.4, 0.5) is 0 Å². The molecule has 116 valence electrons. The highest BCUT2D eigenvalue weighted by Gasteiger charge is 2.26. The molecule has 0 aromatic carbocycles. The summed E-state index contributed by atoms with van der Waals surface area (Å²) in [6, 6.07) is 3.39. The van der Waals surface area contributed by atoms with Gasteiger partial charge < -0.3 is 10.4 Å². The Balaban J connectivity index is 1.73. The highest BCUT2D eigenvalue weighted by atomic mass is 16.3. The Bertz CT molecular complexity index is 629. The van der Waals surface area contributed by atoms with Crippen LogP contribution in [0.5, 0.6) is 0 Å². The van der Waals surface area contributed by atoms with Crippen LogP contribution in [0.25, 0.3) is 5.82 Å². The van der Waals surface area contributed by atoms with Crippen LogP contribution in [0, 0.1) is 5.92 Å². The van der Waals surface area contributed by atoms with E-state index in [1.165, 1.54) is 17.3 Å². The minimum Gasteiger partial charge on any atom is -0.396 e. The maximum absolute atomic E-state index is 12.4. The van der Waals surface area contributed by atoms with Crippen molar-refractivity contribution in [3.05, 3.63) is 36.5 Å². The molecule has 2 heterocycles. The van der Waals surface area contributed by atoms with Crippen molar-refractivity contribution in [2.24, 2.45) is 5.92 Å². The predicted octanol–water partition coefficient (Wildman–Crippen LogP) is 0.943. The molecule has 1 fully saturated rings. The second-order valence-corrected chi connectivity index (χ2v) is 5.55. The van der Waals surface area contributed by atoms with Crippen LogP contribution in [0.2, 0.25) is 0 Å². The minimum atomic E-state index is -0.144. The molecule has 1 saturated carbocycles. The van der Waals surface area contributed by atoms with E-state index >= 15 is 0 Å². The molecule has 0 saturated heterocycles. The molecule has 0 spiro atoms. The number of carbonyl (C=O) groups excluding carboxylic acids is 1. The number of nitrogens with zero attached hydrogens (tertiary/aromatic N) is 4. The van der Waals surface area contributed by atoms with E-state index in [2.05, 4.69) is 20.4 Å². The van der Waals surface area contributed by atoms with Crippen molar-refractivity contribution in [3.63, 3.8) is 0 Å². The summed E-state index contributed by atoms with van der Waals surface area (Å²) < 4.78 is 1.51. The van der Waals surface area contributed by atoms with Gasteiger partial charge in [-0.1, -0.05) is 12.8 Å². The molecule has 2 atom stereocenters. The standard InChI is InChI=1S/C15H19N5O2/c21-8-12-3-1-2-4-13(12)19-15(22)11-5-6-17-14(7-11)20-10-16-9-18-20/h5-7,9-10,12-13,21H,1-4,8H2,(H,19,22). The smallest absolute Gasteiger partial charge is 0.251 e. The Morgan fingerprint density at radius 1 is 1.41 bits per heavy atom. The molecule has 1 amide bonds. The van der Waals surface area contributed by atoms with Gasteiger partial charge in [-0.15, -0.1) is 0 Å². The Kier molecular flexibility index (Phi) is 4.43. The van der Waals surface area contributed by atoms with E-state index in [1.807, 2.05) is 0 Å². The van der Waals surface area contributed by atoms with Crippen molar-refractivity contribution in [2.45, 2.75) is 31.7 Å². The van der Waals surface area contributed by atoms with E-state index in [-0.39, 0.29) is 24.5 Å². The number of hydrogen-bond acceptors (Lipinski definition) is 5. The lowest BCUT2D eigenvalue weighted by atomic mass is 9.85. The van der Waals surface area contributed by atoms with Crippen molar-refractivity contribution >= 4 is 5.91 Å². The first-order chi connectivity index (χ1) is 10.8. The van der Waals surface area contributed by atoms with Gasteiger partial charge in [-0.05, 0) is 25.0 Å². The average molecular weight is 301 g/mol. The molecule has 1 aliphatic rings. The van der Waals surface area contributed by atoms with Crippen LogP contribution >= 0.6 is 0 Å². The van der Waals surface area contributed by atoms with Crippen molar-refractivity contribution in [2.75, 3.05) is 6.61 Å². The lowest BCUT2D eigenvalue weighted by molar-refractivity contribution is 0.0872. The van der Waals surface area contributed by atoms with Crippen LogP contribution in [0.3, 0.4) is 0 Å². The largest absolute Gasteiger partial charge is 0.396 e. The summed E-state index contributed by atoms with van der Waals surface area (Å²) in [4.78, 5) is 20.5. The zero-order valence-corrected chi connectivity index (χ0v) is 12.2. The van der Waals surface area contributed by atoms with Crippen molar-refractivity contribution < 1.29 is 9.90 Å². The van der Waals surface area contributed by atoms with E-state index in [1.54, 1.807) is 18.3 Å². The van der Waals surface area contributed by atoms with Gasteiger partial charge in [0.1, 0.15) is 12.7 Å². The van der Waals surface area contributed by atoms with Gasteiger partial charge in [0.15, 0.2) is 5.82 Å². The van der Waals surface area contributed by atoms with Gasteiger partial charge in [0.25, 0.3) is 5.91 Å². The molecule has 0 radical (unpaired) electrons. The maximum Gasteiger partial charge on any atom is 0.251 e. The van der Waals surface area contributed by atoms with Gasteiger partial charge in [-0.3, -0.25) is 4.79 Å². The maximum atomic E-state index is 12.4. The van der Waals surface area contributed by atoms with Gasteiger partial charge in [0, 0.05) is 30.3 Å². The van der Waals surface area contributed by atoms with E-state index in [0.29, 0.717) is 11.4 Å². The van der Waals surface area contributed by atoms with Crippen LogP contribution in [-0.2, 0) is 0 Å². The summed E-state index contributed by atoms with van der Waals surface area (Å²) in [6.07, 6.45) is 8.61. The Labute approximate surface area is 128 Å². The summed E-state index contributed by atoms with van der Waals surface area (Å²) in [7, 11) is 0. The van der Waals surface area contributed by atoms with Crippen LogP contribution in [0.15, 0.2) is 31.0 Å². The Morgan fingerprint density at radius 2 is 2.27 bits per heavy atom. The number of pyridine rings is 1. The normalized spacial score (nSPS) is 21.5. The highest BCUT2D eigenvalue weighted by Crippen LogP contribution is 2.24. The summed E-state index contributed by atoms with van der Waals surface area (Å²) in [5.74, 6) is 0.552. The third kappa shape index (κ3) is 3.14. The SMILES string of the molecule is O=C(NC1CCCCC1CO)c1ccnc(-n2cncn2)c1. The third-order valence-corrected chi connectivity index (χ3v) is 4.12. The number of rotatable bonds is 4. The van der Waals surface area contributed by atoms with E-state index in [0.717, 1.165) is 25.7 Å². The average Bonchev–Trinajstić information content (AvgIpc) is 3.10. The summed E-state index contributed by atoms with van der Waals surface area (Å²) >= 11 is 0. The first-order valence-corrected chi connectivity index (χ1v) is 7.50. The fourth-order valence-electron chi connectivity index (χ4n) is 2.88. The van der Waals surface area contributed by atoms with E-state index in [9.17, 15) is 9.90 Å². The lowest BCUT2D eigenvalue weighted by Crippen LogP contribution is -2.43.